The van der Waals surface area contributed by atoms with Gasteiger partial charge in [0.25, 0.3) is 0 Å². The van der Waals surface area contributed by atoms with Crippen molar-refractivity contribution in [1.82, 2.24) is 5.32 Å². The van der Waals surface area contributed by atoms with Crippen LogP contribution in [0.15, 0.2) is 54.6 Å². The van der Waals surface area contributed by atoms with Gasteiger partial charge in [-0.1, -0.05) is 49.4 Å². The molecule has 1 fully saturated rings. The maximum Gasteiger partial charge on any atom is 0.171 e. The van der Waals surface area contributed by atoms with Crippen LogP contribution in [0, 0.1) is 0 Å². The van der Waals surface area contributed by atoms with Crippen molar-refractivity contribution >= 4 is 23.0 Å². The van der Waals surface area contributed by atoms with Gasteiger partial charge in [0.15, 0.2) is 5.11 Å². The van der Waals surface area contributed by atoms with Gasteiger partial charge in [-0.25, -0.2) is 0 Å². The second-order valence-corrected chi connectivity index (χ2v) is 6.91. The maximum absolute atomic E-state index is 5.47. The third-order valence-corrected chi connectivity index (χ3v) is 4.85. The molecule has 2 aromatic rings. The Labute approximate surface area is 150 Å². The molecule has 1 heterocycles. The van der Waals surface area contributed by atoms with Crippen LogP contribution in [0.5, 0.6) is 0 Å². The number of anilines is 1. The molecule has 1 saturated heterocycles. The van der Waals surface area contributed by atoms with Gasteiger partial charge in [0.2, 0.25) is 0 Å². The van der Waals surface area contributed by atoms with Gasteiger partial charge in [-0.2, -0.15) is 0 Å². The van der Waals surface area contributed by atoms with E-state index in [1.54, 1.807) is 4.90 Å². The molecule has 0 bridgehead atoms. The Morgan fingerprint density at radius 1 is 1.08 bits per heavy atom. The molecule has 0 spiro atoms. The third-order valence-electron chi connectivity index (χ3n) is 4.63. The molecule has 24 heavy (non-hydrogen) atoms. The zero-order chi connectivity index (χ0) is 16.8. The average Bonchev–Trinajstić information content (AvgIpc) is 3.03. The van der Waals surface area contributed by atoms with Crippen molar-refractivity contribution < 1.29 is 4.90 Å². The molecule has 0 aliphatic carbocycles. The van der Waals surface area contributed by atoms with Crippen LogP contribution in [0.2, 0.25) is 0 Å². The summed E-state index contributed by atoms with van der Waals surface area (Å²) in [5.74, 6) is 0. The van der Waals surface area contributed by atoms with E-state index in [9.17, 15) is 0 Å². The Morgan fingerprint density at radius 3 is 2.54 bits per heavy atom. The number of aryl methyl sites for hydroxylation is 1. The summed E-state index contributed by atoms with van der Waals surface area (Å²) in [5.41, 5.74) is 3.80. The molecule has 3 N–H and O–H groups in total. The standard InChI is InChI=1S/C20H25N3S/c1-2-16-8-10-18(11-9-16)21-20(24)22-19-12-13-23(15-19)14-17-6-4-3-5-7-17/h3-11,19H,2,12-15H2,1H3,(H2,21,22,24)/p+1/t19-/m0/s1. The molecular weight excluding hydrogens is 314 g/mol. The van der Waals surface area contributed by atoms with Crippen molar-refractivity contribution in [3.8, 4) is 0 Å². The second kappa shape index (κ2) is 8.27. The summed E-state index contributed by atoms with van der Waals surface area (Å²) in [5, 5.41) is 7.49. The van der Waals surface area contributed by atoms with Crippen LogP contribution in [0.25, 0.3) is 0 Å². The van der Waals surface area contributed by atoms with E-state index in [0.717, 1.165) is 30.3 Å². The summed E-state index contributed by atoms with van der Waals surface area (Å²) in [6.45, 7) is 5.57. The fourth-order valence-electron chi connectivity index (χ4n) is 3.28. The predicted molar refractivity (Wildman–Crippen MR) is 104 cm³/mol. The Bertz CT molecular complexity index is 654. The predicted octanol–water partition coefficient (Wildman–Crippen LogP) is 2.39. The summed E-state index contributed by atoms with van der Waals surface area (Å²) in [4.78, 5) is 1.62. The molecule has 0 radical (unpaired) electrons. The second-order valence-electron chi connectivity index (χ2n) is 6.50. The van der Waals surface area contributed by atoms with Crippen molar-refractivity contribution in [1.29, 1.82) is 0 Å². The van der Waals surface area contributed by atoms with E-state index in [4.69, 9.17) is 12.2 Å². The summed E-state index contributed by atoms with van der Waals surface area (Å²) in [6, 6.07) is 19.6. The Morgan fingerprint density at radius 2 is 1.83 bits per heavy atom. The number of likely N-dealkylation sites (tertiary alicyclic amines) is 1. The van der Waals surface area contributed by atoms with E-state index in [1.165, 1.54) is 24.1 Å². The first-order chi connectivity index (χ1) is 11.7. The van der Waals surface area contributed by atoms with E-state index < -0.39 is 0 Å². The largest absolute Gasteiger partial charge is 0.354 e. The van der Waals surface area contributed by atoms with Gasteiger partial charge < -0.3 is 15.5 Å². The van der Waals surface area contributed by atoms with Gasteiger partial charge in [0.1, 0.15) is 6.54 Å². The van der Waals surface area contributed by atoms with Crippen molar-refractivity contribution in [2.24, 2.45) is 0 Å². The highest BCUT2D eigenvalue weighted by Crippen LogP contribution is 2.10. The lowest BCUT2D eigenvalue weighted by Gasteiger charge is -2.16. The minimum atomic E-state index is 0.457. The number of benzene rings is 2. The summed E-state index contributed by atoms with van der Waals surface area (Å²) >= 11 is 5.47. The minimum absolute atomic E-state index is 0.457. The van der Waals surface area contributed by atoms with Crippen LogP contribution in [0.4, 0.5) is 5.69 Å². The number of thiocarbonyl (C=S) groups is 1. The monoisotopic (exact) mass is 340 g/mol. The number of nitrogens with one attached hydrogen (secondary N) is 3. The SMILES string of the molecule is CCc1ccc(NC(=S)N[C@H]2CC[NH+](Cc3ccccc3)C2)cc1. The molecule has 2 aromatic carbocycles. The molecule has 4 heteroatoms. The maximum atomic E-state index is 5.47. The fourth-order valence-corrected chi connectivity index (χ4v) is 3.56. The molecule has 1 aliphatic heterocycles. The minimum Gasteiger partial charge on any atom is -0.354 e. The molecule has 1 unspecified atom stereocenters. The van der Waals surface area contributed by atoms with Gasteiger partial charge in [0, 0.05) is 17.7 Å². The quantitative estimate of drug-likeness (QED) is 0.730. The molecule has 0 amide bonds. The highest BCUT2D eigenvalue weighted by atomic mass is 32.1. The van der Waals surface area contributed by atoms with Crippen molar-refractivity contribution in [2.45, 2.75) is 32.4 Å². The number of hydrogen-bond donors (Lipinski definition) is 3. The summed E-state index contributed by atoms with van der Waals surface area (Å²) in [7, 11) is 0. The summed E-state index contributed by atoms with van der Waals surface area (Å²) < 4.78 is 0. The topological polar surface area (TPSA) is 28.5 Å². The first-order valence-corrected chi connectivity index (χ1v) is 9.17. The molecule has 1 aliphatic rings. The molecule has 2 atom stereocenters. The zero-order valence-corrected chi connectivity index (χ0v) is 15.0. The molecular formula is C20H26N3S+. The van der Waals surface area contributed by atoms with E-state index in [-0.39, 0.29) is 0 Å². The van der Waals surface area contributed by atoms with Gasteiger partial charge in [-0.05, 0) is 36.3 Å². The highest BCUT2D eigenvalue weighted by Gasteiger charge is 2.26. The molecule has 126 valence electrons. The van der Waals surface area contributed by atoms with Crippen LogP contribution in [-0.4, -0.2) is 24.2 Å². The summed E-state index contributed by atoms with van der Waals surface area (Å²) in [6.07, 6.45) is 2.23. The first-order valence-electron chi connectivity index (χ1n) is 8.77. The van der Waals surface area contributed by atoms with Gasteiger partial charge in [-0.15, -0.1) is 0 Å². The van der Waals surface area contributed by atoms with Crippen LogP contribution in [0.1, 0.15) is 24.5 Å². The number of quaternary nitrogens is 1. The Balaban J connectivity index is 1.45. The Kier molecular flexibility index (Phi) is 5.83. The van der Waals surface area contributed by atoms with Crippen LogP contribution < -0.4 is 15.5 Å². The smallest absolute Gasteiger partial charge is 0.171 e. The highest BCUT2D eigenvalue weighted by molar-refractivity contribution is 7.80. The fraction of sp³-hybridized carbons (Fsp3) is 0.350. The van der Waals surface area contributed by atoms with E-state index >= 15 is 0 Å². The van der Waals surface area contributed by atoms with E-state index in [1.807, 2.05) is 0 Å². The van der Waals surface area contributed by atoms with Gasteiger partial charge in [-0.3, -0.25) is 0 Å². The lowest BCUT2D eigenvalue weighted by Crippen LogP contribution is -3.09. The Hall–Kier alpha value is -1.91. The lowest BCUT2D eigenvalue weighted by molar-refractivity contribution is -0.901. The van der Waals surface area contributed by atoms with Crippen molar-refractivity contribution in [2.75, 3.05) is 18.4 Å². The van der Waals surface area contributed by atoms with Gasteiger partial charge >= 0.3 is 0 Å². The average molecular weight is 341 g/mol. The van der Waals surface area contributed by atoms with E-state index in [0.29, 0.717) is 6.04 Å². The molecule has 0 saturated carbocycles. The van der Waals surface area contributed by atoms with Crippen LogP contribution in [-0.2, 0) is 13.0 Å². The molecule has 3 nitrogen and oxygen atoms in total. The van der Waals surface area contributed by atoms with Gasteiger partial charge in [0.05, 0.1) is 19.1 Å². The third kappa shape index (κ3) is 4.79. The number of rotatable bonds is 5. The van der Waals surface area contributed by atoms with Crippen molar-refractivity contribution in [3.63, 3.8) is 0 Å². The van der Waals surface area contributed by atoms with Crippen molar-refractivity contribution in [3.05, 3.63) is 65.7 Å². The zero-order valence-electron chi connectivity index (χ0n) is 14.2. The first kappa shape index (κ1) is 16.9. The normalized spacial score (nSPS) is 19.9. The lowest BCUT2D eigenvalue weighted by atomic mass is 10.1. The molecule has 0 aromatic heterocycles. The molecule has 3 rings (SSSR count). The van der Waals surface area contributed by atoms with Crippen LogP contribution in [0.3, 0.4) is 0 Å². The van der Waals surface area contributed by atoms with Crippen LogP contribution >= 0.6 is 12.2 Å². The number of hydrogen-bond acceptors (Lipinski definition) is 1. The van der Waals surface area contributed by atoms with E-state index in [2.05, 4.69) is 72.2 Å².